The lowest BCUT2D eigenvalue weighted by Crippen LogP contribution is -2.23. The van der Waals surface area contributed by atoms with Gasteiger partial charge in [0.05, 0.1) is 6.54 Å². The summed E-state index contributed by atoms with van der Waals surface area (Å²) in [6.45, 7) is 0.148. The first-order chi connectivity index (χ1) is 6.24. The van der Waals surface area contributed by atoms with E-state index in [4.69, 9.17) is 6.42 Å². The summed E-state index contributed by atoms with van der Waals surface area (Å²) in [4.78, 5) is 11.2. The van der Waals surface area contributed by atoms with E-state index in [9.17, 15) is 9.18 Å². The monoisotopic (exact) mass is 177 g/mol. The predicted molar refractivity (Wildman–Crippen MR) is 47.6 cm³/mol. The molecule has 1 aromatic rings. The average Bonchev–Trinajstić information content (AvgIpc) is 2.14. The molecule has 66 valence electrons. The van der Waals surface area contributed by atoms with E-state index >= 15 is 0 Å². The fraction of sp³-hybridized carbons (Fsp3) is 0.100. The molecule has 1 rings (SSSR count). The van der Waals surface area contributed by atoms with Crippen molar-refractivity contribution in [3.05, 3.63) is 35.6 Å². The maximum Gasteiger partial charge on any atom is 0.252 e. The van der Waals surface area contributed by atoms with Crippen molar-refractivity contribution in [1.82, 2.24) is 5.32 Å². The van der Waals surface area contributed by atoms with Gasteiger partial charge in [0.15, 0.2) is 0 Å². The fourth-order valence-electron chi connectivity index (χ4n) is 0.863. The molecule has 2 nitrogen and oxygen atoms in total. The van der Waals surface area contributed by atoms with Gasteiger partial charge in [0, 0.05) is 5.56 Å². The Morgan fingerprint density at radius 3 is 3.00 bits per heavy atom. The standard InChI is InChI=1S/C10H8FNO/c1-2-6-12-10(13)8-4-3-5-9(11)7-8/h1,3-5,7H,6H2,(H,12,13). The van der Waals surface area contributed by atoms with Crippen LogP contribution < -0.4 is 5.32 Å². The van der Waals surface area contributed by atoms with Crippen molar-refractivity contribution in [2.75, 3.05) is 6.54 Å². The average molecular weight is 177 g/mol. The smallest absolute Gasteiger partial charge is 0.252 e. The van der Waals surface area contributed by atoms with Crippen LogP contribution in [0.15, 0.2) is 24.3 Å². The molecule has 0 aliphatic carbocycles. The van der Waals surface area contributed by atoms with E-state index in [0.717, 1.165) is 6.07 Å². The lowest BCUT2D eigenvalue weighted by Gasteiger charge is -2.00. The van der Waals surface area contributed by atoms with Gasteiger partial charge in [-0.05, 0) is 18.2 Å². The third kappa shape index (κ3) is 2.60. The SMILES string of the molecule is C#CCNC(=O)c1cccc(F)c1. The Hall–Kier alpha value is -1.82. The second kappa shape index (κ2) is 4.27. The van der Waals surface area contributed by atoms with Crippen LogP contribution >= 0.6 is 0 Å². The summed E-state index contributed by atoms with van der Waals surface area (Å²) in [5, 5.41) is 2.43. The number of carbonyl (C=O) groups excluding carboxylic acids is 1. The Labute approximate surface area is 75.8 Å². The highest BCUT2D eigenvalue weighted by molar-refractivity contribution is 5.94. The van der Waals surface area contributed by atoms with Gasteiger partial charge >= 0.3 is 0 Å². The summed E-state index contributed by atoms with van der Waals surface area (Å²) in [5.41, 5.74) is 0.273. The number of amides is 1. The van der Waals surface area contributed by atoms with Crippen LogP contribution in [-0.2, 0) is 0 Å². The zero-order valence-corrected chi connectivity index (χ0v) is 6.88. The number of nitrogens with one attached hydrogen (secondary N) is 1. The first-order valence-electron chi connectivity index (χ1n) is 3.71. The summed E-state index contributed by atoms with van der Waals surface area (Å²) >= 11 is 0. The molecule has 13 heavy (non-hydrogen) atoms. The molecular formula is C10H8FNO. The summed E-state index contributed by atoms with van der Waals surface area (Å²) in [6.07, 6.45) is 4.95. The first-order valence-corrected chi connectivity index (χ1v) is 3.71. The molecule has 1 N–H and O–H groups in total. The molecule has 0 aromatic heterocycles. The quantitative estimate of drug-likeness (QED) is 0.675. The minimum absolute atomic E-state index is 0.148. The van der Waals surface area contributed by atoms with Gasteiger partial charge in [0.2, 0.25) is 0 Å². The molecular weight excluding hydrogens is 169 g/mol. The van der Waals surface area contributed by atoms with Crippen LogP contribution in [0.2, 0.25) is 0 Å². The second-order valence-electron chi connectivity index (χ2n) is 2.40. The molecule has 0 radical (unpaired) electrons. The van der Waals surface area contributed by atoms with Crippen LogP contribution in [0.1, 0.15) is 10.4 Å². The second-order valence-corrected chi connectivity index (χ2v) is 2.40. The fourth-order valence-corrected chi connectivity index (χ4v) is 0.863. The maximum atomic E-state index is 12.6. The Bertz CT molecular complexity index is 354. The van der Waals surface area contributed by atoms with Crippen LogP contribution in [-0.4, -0.2) is 12.5 Å². The Morgan fingerprint density at radius 1 is 1.62 bits per heavy atom. The molecule has 0 unspecified atom stereocenters. The van der Waals surface area contributed by atoms with Gasteiger partial charge in [-0.1, -0.05) is 12.0 Å². The molecule has 0 heterocycles. The van der Waals surface area contributed by atoms with Crippen molar-refractivity contribution in [2.24, 2.45) is 0 Å². The Morgan fingerprint density at radius 2 is 2.38 bits per heavy atom. The van der Waals surface area contributed by atoms with Crippen LogP contribution in [0.5, 0.6) is 0 Å². The van der Waals surface area contributed by atoms with Crippen molar-refractivity contribution in [3.8, 4) is 12.3 Å². The summed E-state index contributed by atoms with van der Waals surface area (Å²) in [7, 11) is 0. The molecule has 0 saturated heterocycles. The third-order valence-corrected chi connectivity index (χ3v) is 1.44. The van der Waals surface area contributed by atoms with Crippen molar-refractivity contribution in [3.63, 3.8) is 0 Å². The van der Waals surface area contributed by atoms with Gasteiger partial charge < -0.3 is 5.32 Å². The van der Waals surface area contributed by atoms with Crippen molar-refractivity contribution in [2.45, 2.75) is 0 Å². The van der Waals surface area contributed by atoms with Gasteiger partial charge in [-0.25, -0.2) is 4.39 Å². The molecule has 1 amide bonds. The van der Waals surface area contributed by atoms with E-state index in [-0.39, 0.29) is 18.0 Å². The number of hydrogen-bond acceptors (Lipinski definition) is 1. The van der Waals surface area contributed by atoms with E-state index in [1.54, 1.807) is 0 Å². The summed E-state index contributed by atoms with van der Waals surface area (Å²) in [5.74, 6) is 1.46. The molecule has 0 fully saturated rings. The topological polar surface area (TPSA) is 29.1 Å². The van der Waals surface area contributed by atoms with Crippen molar-refractivity contribution in [1.29, 1.82) is 0 Å². The third-order valence-electron chi connectivity index (χ3n) is 1.44. The minimum atomic E-state index is -0.437. The van der Waals surface area contributed by atoms with Crippen molar-refractivity contribution < 1.29 is 9.18 Å². The van der Waals surface area contributed by atoms with E-state index in [2.05, 4.69) is 11.2 Å². The molecule has 0 aliphatic heterocycles. The van der Waals surface area contributed by atoms with Crippen LogP contribution in [0, 0.1) is 18.2 Å². The minimum Gasteiger partial charge on any atom is -0.341 e. The molecule has 3 heteroatoms. The van der Waals surface area contributed by atoms with E-state index in [1.165, 1.54) is 18.2 Å². The lowest BCUT2D eigenvalue weighted by molar-refractivity contribution is 0.0958. The number of rotatable bonds is 2. The molecule has 0 spiro atoms. The zero-order chi connectivity index (χ0) is 9.68. The van der Waals surface area contributed by atoms with Crippen molar-refractivity contribution >= 4 is 5.91 Å². The molecule has 0 aliphatic rings. The zero-order valence-electron chi connectivity index (χ0n) is 6.88. The van der Waals surface area contributed by atoms with Crippen LogP contribution in [0.3, 0.4) is 0 Å². The van der Waals surface area contributed by atoms with Gasteiger partial charge in [0.1, 0.15) is 5.82 Å². The lowest BCUT2D eigenvalue weighted by atomic mass is 10.2. The van der Waals surface area contributed by atoms with Crippen LogP contribution in [0.4, 0.5) is 4.39 Å². The highest BCUT2D eigenvalue weighted by Crippen LogP contribution is 2.02. The number of terminal acetylenes is 1. The van der Waals surface area contributed by atoms with Crippen LogP contribution in [0.25, 0.3) is 0 Å². The number of carbonyl (C=O) groups is 1. The molecule has 1 aromatic carbocycles. The Balaban J connectivity index is 2.72. The predicted octanol–water partition coefficient (Wildman–Crippen LogP) is 1.19. The highest BCUT2D eigenvalue weighted by Gasteiger charge is 2.03. The highest BCUT2D eigenvalue weighted by atomic mass is 19.1. The van der Waals surface area contributed by atoms with Gasteiger partial charge in [-0.2, -0.15) is 0 Å². The van der Waals surface area contributed by atoms with Gasteiger partial charge in [-0.3, -0.25) is 4.79 Å². The van der Waals surface area contributed by atoms with E-state index in [0.29, 0.717) is 0 Å². The maximum absolute atomic E-state index is 12.6. The van der Waals surface area contributed by atoms with E-state index in [1.807, 2.05) is 0 Å². The number of benzene rings is 1. The summed E-state index contributed by atoms with van der Waals surface area (Å²) in [6, 6.07) is 5.43. The Kier molecular flexibility index (Phi) is 3.04. The molecule has 0 atom stereocenters. The van der Waals surface area contributed by atoms with Gasteiger partial charge in [-0.15, -0.1) is 6.42 Å². The number of hydrogen-bond donors (Lipinski definition) is 1. The largest absolute Gasteiger partial charge is 0.341 e. The summed E-state index contributed by atoms with van der Waals surface area (Å²) < 4.78 is 12.6. The molecule has 0 saturated carbocycles. The number of halogens is 1. The van der Waals surface area contributed by atoms with Gasteiger partial charge in [0.25, 0.3) is 5.91 Å². The normalized spacial score (nSPS) is 8.92. The molecule has 0 bridgehead atoms. The first kappa shape index (κ1) is 9.27. The van der Waals surface area contributed by atoms with E-state index < -0.39 is 5.82 Å².